The Morgan fingerprint density at radius 1 is 0.867 bits per heavy atom. The molecule has 0 saturated heterocycles. The first kappa shape index (κ1) is 57.3. The molecule has 4 aromatic carbocycles. The number of benzene rings is 4. The number of esters is 1. The number of anilines is 1. The molecule has 0 unspecified atom stereocenters. The van der Waals surface area contributed by atoms with Gasteiger partial charge in [0.05, 0.1) is 46.1 Å². The summed E-state index contributed by atoms with van der Waals surface area (Å²) in [6.45, 7) is 1.55. The van der Waals surface area contributed by atoms with E-state index in [9.17, 15) is 32.7 Å². The van der Waals surface area contributed by atoms with Crippen molar-refractivity contribution >= 4 is 73.0 Å². The summed E-state index contributed by atoms with van der Waals surface area (Å²) in [7, 11) is 4.88. The number of methoxy groups -OCH3 is 1. The topological polar surface area (TPSA) is 262 Å². The summed E-state index contributed by atoms with van der Waals surface area (Å²) >= 11 is 0. The van der Waals surface area contributed by atoms with Crippen molar-refractivity contribution in [1.29, 1.82) is 0 Å². The van der Waals surface area contributed by atoms with Crippen LogP contribution < -0.4 is 38.5 Å². The fourth-order valence-electron chi connectivity index (χ4n) is 10.6. The first-order valence-electron chi connectivity index (χ1n) is 27.5. The first-order valence-corrected chi connectivity index (χ1v) is 29.1. The van der Waals surface area contributed by atoms with Crippen molar-refractivity contribution < 1.29 is 61.0 Å². The molecule has 0 spiro atoms. The lowest BCUT2D eigenvalue weighted by Crippen LogP contribution is -2.40. The maximum absolute atomic E-state index is 13.6. The molecule has 0 bridgehead atoms. The lowest BCUT2D eigenvalue weighted by atomic mass is 9.86. The molecule has 3 aliphatic rings. The van der Waals surface area contributed by atoms with Crippen LogP contribution in [-0.4, -0.2) is 135 Å². The predicted molar refractivity (Wildman–Crippen MR) is 307 cm³/mol. The van der Waals surface area contributed by atoms with E-state index in [2.05, 4.69) is 45.8 Å². The molecule has 1 fully saturated rings. The third-order valence-corrected chi connectivity index (χ3v) is 17.0. The standard InChI is InChI=1S/C59H65N11O12S/c1-60-83(76,77)34-38-11-17-43(18-12-38)68(4)55-44-22-25-70(56(44)63-35-62-55)58(74)66(2)26-27-67(3)59(75)79-33-37-9-14-41(15-10-37)64-65-42-16-19-49(71)46(30-42)57(73)61-23-7-6-8-53(72)82-54-47-32-69-24-21-40-29-51-52(81-36-80-51)31-45(40)48(69)28-39(47)13-20-50(54)78-5/h9-10,13-16,19-20,22,25,28-32,35,38,43,60H,6-8,11-12,17-18,21,23-24,26-27,33-34,36H2,1-5H3,(H-,61,64,71,73)/p+1. The summed E-state index contributed by atoms with van der Waals surface area (Å²) in [5.74, 6) is 1.96. The van der Waals surface area contributed by atoms with Crippen LogP contribution in [0.15, 0.2) is 108 Å². The number of phenols is 1. The van der Waals surface area contributed by atoms with Crippen molar-refractivity contribution in [3.8, 4) is 40.0 Å². The van der Waals surface area contributed by atoms with Crippen LogP contribution in [0.25, 0.3) is 33.1 Å². The zero-order valence-corrected chi connectivity index (χ0v) is 47.7. The SMILES string of the molecule is CNS(=O)(=O)CC1CCC(N(C)c2ncnc3c2ccn3C(=O)N(C)CCN(C)C(=O)OCc2ccc(N=Nc3ccc(O)c(C(=O)NCCCCC(=O)Oc4c(OC)ccc5cc6[n+](cc45)CCc4cc5c(cc4-6)OCO5)c3)cc2)CC1. The number of amides is 3. The average molecular weight is 1150 g/mol. The lowest BCUT2D eigenvalue weighted by Gasteiger charge is -2.35. The maximum Gasteiger partial charge on any atom is 0.409 e. The summed E-state index contributed by atoms with van der Waals surface area (Å²) < 4.78 is 58.6. The largest absolute Gasteiger partial charge is 0.507 e. The molecular formula is C59H66N11O12S+. The van der Waals surface area contributed by atoms with Crippen LogP contribution in [-0.2, 0) is 39.1 Å². The normalized spacial score (nSPS) is 15.4. The summed E-state index contributed by atoms with van der Waals surface area (Å²) in [5, 5.41) is 24.2. The van der Waals surface area contributed by atoms with Crippen molar-refractivity contribution in [2.24, 2.45) is 16.1 Å². The molecular weight excluding hydrogens is 1090 g/mol. The van der Waals surface area contributed by atoms with E-state index in [1.54, 1.807) is 50.6 Å². The Morgan fingerprint density at radius 2 is 1.61 bits per heavy atom. The highest BCUT2D eigenvalue weighted by Gasteiger charge is 2.31. The van der Waals surface area contributed by atoms with Gasteiger partial charge >= 0.3 is 18.1 Å². The van der Waals surface area contributed by atoms with Crippen LogP contribution in [0.2, 0.25) is 0 Å². The second-order valence-corrected chi connectivity index (χ2v) is 22.9. The molecule has 434 valence electrons. The van der Waals surface area contributed by atoms with Gasteiger partial charge in [0.2, 0.25) is 22.5 Å². The second kappa shape index (κ2) is 25.1. The predicted octanol–water partition coefficient (Wildman–Crippen LogP) is 8.17. The van der Waals surface area contributed by atoms with Gasteiger partial charge in [-0.25, -0.2) is 32.7 Å². The van der Waals surface area contributed by atoms with Gasteiger partial charge in [-0.3, -0.25) is 14.2 Å². The minimum absolute atomic E-state index is 0.0107. The zero-order chi connectivity index (χ0) is 58.4. The zero-order valence-electron chi connectivity index (χ0n) is 46.9. The van der Waals surface area contributed by atoms with E-state index >= 15 is 0 Å². The minimum Gasteiger partial charge on any atom is -0.507 e. The number of unbranched alkanes of at least 4 members (excludes halogenated alkanes) is 1. The Hall–Kier alpha value is -8.90. The number of likely N-dealkylation sites (N-methyl/N-ethyl adjacent to an activating group) is 2. The Labute approximate surface area is 479 Å². The average Bonchev–Trinajstić information content (AvgIpc) is 4.39. The smallest absolute Gasteiger partial charge is 0.409 e. The number of aromatic nitrogens is 4. The number of nitrogens with zero attached hydrogens (tertiary/aromatic N) is 9. The molecule has 3 N–H and O–H groups in total. The number of carbonyl (C=O) groups excluding carboxylic acids is 4. The molecule has 2 aliphatic heterocycles. The Balaban J connectivity index is 0.647. The van der Waals surface area contributed by atoms with Gasteiger partial charge in [0.1, 0.15) is 24.5 Å². The van der Waals surface area contributed by atoms with Gasteiger partial charge in [-0.15, -0.1) is 0 Å². The highest BCUT2D eigenvalue weighted by atomic mass is 32.2. The molecule has 23 nitrogen and oxygen atoms in total. The molecule has 1 saturated carbocycles. The Morgan fingerprint density at radius 3 is 2.39 bits per heavy atom. The van der Waals surface area contributed by atoms with Crippen molar-refractivity contribution in [1.82, 2.24) is 34.4 Å². The van der Waals surface area contributed by atoms with Crippen LogP contribution in [0.4, 0.5) is 26.8 Å². The second-order valence-electron chi connectivity index (χ2n) is 20.9. The number of rotatable bonds is 20. The molecule has 83 heavy (non-hydrogen) atoms. The number of phenolic OH excluding ortho intramolecular Hbond substituents is 1. The number of aryl methyl sites for hydroxylation is 2. The summed E-state index contributed by atoms with van der Waals surface area (Å²) in [6.07, 6.45) is 9.48. The Kier molecular flexibility index (Phi) is 17.3. The number of nitrogens with one attached hydrogen (secondary N) is 2. The van der Waals surface area contributed by atoms with E-state index in [-0.39, 0.29) is 74.5 Å². The van der Waals surface area contributed by atoms with Crippen molar-refractivity contribution in [2.45, 2.75) is 70.6 Å². The third kappa shape index (κ3) is 13.1. The number of pyridine rings is 1. The number of hydrogen-bond acceptors (Lipinski definition) is 17. The fraction of sp³-hybridized carbons (Fsp3) is 0.373. The van der Waals surface area contributed by atoms with Gasteiger partial charge < -0.3 is 48.8 Å². The molecule has 3 amide bonds. The summed E-state index contributed by atoms with van der Waals surface area (Å²) in [4.78, 5) is 67.0. The number of hydrogen-bond donors (Lipinski definition) is 3. The Bertz CT molecular complexity index is 3740. The van der Waals surface area contributed by atoms with E-state index in [1.165, 1.54) is 58.6 Å². The van der Waals surface area contributed by atoms with E-state index < -0.39 is 28.0 Å². The highest BCUT2D eigenvalue weighted by Crippen LogP contribution is 2.42. The van der Waals surface area contributed by atoms with Crippen molar-refractivity contribution in [3.63, 3.8) is 0 Å². The maximum atomic E-state index is 13.6. The van der Waals surface area contributed by atoms with Crippen LogP contribution in [0.5, 0.6) is 28.7 Å². The van der Waals surface area contributed by atoms with Gasteiger partial charge in [-0.05, 0) is 129 Å². The van der Waals surface area contributed by atoms with Gasteiger partial charge in [0.25, 0.3) is 5.91 Å². The summed E-state index contributed by atoms with van der Waals surface area (Å²) in [5.41, 5.74) is 5.23. The van der Waals surface area contributed by atoms with Gasteiger partial charge in [-0.2, -0.15) is 14.8 Å². The molecule has 5 heterocycles. The van der Waals surface area contributed by atoms with E-state index in [1.807, 2.05) is 37.5 Å². The molecule has 3 aromatic heterocycles. The molecule has 0 atom stereocenters. The number of azo groups is 1. The van der Waals surface area contributed by atoms with E-state index in [0.29, 0.717) is 63.9 Å². The molecule has 0 radical (unpaired) electrons. The summed E-state index contributed by atoms with van der Waals surface area (Å²) in [6, 6.07) is 22.7. The monoisotopic (exact) mass is 1150 g/mol. The minimum atomic E-state index is -3.28. The van der Waals surface area contributed by atoms with Crippen LogP contribution >= 0.6 is 0 Å². The number of fused-ring (bicyclic) bond motifs is 6. The third-order valence-electron chi connectivity index (χ3n) is 15.4. The van der Waals surface area contributed by atoms with Crippen LogP contribution in [0, 0.1) is 5.92 Å². The number of ether oxygens (including phenoxy) is 5. The molecule has 7 aromatic rings. The number of aromatic hydroxyl groups is 1. The van der Waals surface area contributed by atoms with Crippen LogP contribution in [0.3, 0.4) is 0 Å². The van der Waals surface area contributed by atoms with Gasteiger partial charge in [0, 0.05) is 71.9 Å². The van der Waals surface area contributed by atoms with Gasteiger partial charge in [-0.1, -0.05) is 12.1 Å². The van der Waals surface area contributed by atoms with Crippen molar-refractivity contribution in [3.05, 3.63) is 114 Å². The van der Waals surface area contributed by atoms with Crippen molar-refractivity contribution in [2.75, 3.05) is 72.4 Å². The van der Waals surface area contributed by atoms with E-state index in [0.717, 1.165) is 66.4 Å². The van der Waals surface area contributed by atoms with Crippen LogP contribution in [0.1, 0.15) is 66.4 Å². The quantitative estimate of drug-likeness (QED) is 0.0214. The number of sulfonamides is 1. The molecule has 10 rings (SSSR count). The first-order chi connectivity index (χ1) is 40.1. The molecule has 1 aliphatic carbocycles. The number of carbonyl (C=O) groups is 4. The fourth-order valence-corrected chi connectivity index (χ4v) is 11.7. The molecule has 24 heteroatoms. The highest BCUT2D eigenvalue weighted by molar-refractivity contribution is 7.89. The van der Waals surface area contributed by atoms with Gasteiger partial charge in [0.15, 0.2) is 41.4 Å². The lowest BCUT2D eigenvalue weighted by molar-refractivity contribution is -0.686. The van der Waals surface area contributed by atoms with E-state index in [4.69, 9.17) is 23.7 Å².